The molecule has 0 spiro atoms. The molecule has 4 aromatic rings. The van der Waals surface area contributed by atoms with E-state index in [-0.39, 0.29) is 29.6 Å². The number of hydrogen-bond acceptors (Lipinski definition) is 6. The molecule has 2 aromatic carbocycles. The molecule has 1 aliphatic heterocycles. The molecule has 5 rings (SSSR count). The standard InChI is InChI=1S/C32H29N5O2S/c1-2-17-37-31(39)28(22-26-15-9-10-16-34-26)40-32(37)27(23-33)30(38)36-20-18-35(19-21-36)29(24-11-5-3-6-12-24)25-13-7-4-8-14-25/h2-16,22,29H,1,17-21H2. The van der Waals surface area contributed by atoms with Crippen molar-refractivity contribution >= 4 is 28.9 Å². The number of nitrogens with zero attached hydrogens (tertiary/aromatic N) is 5. The number of amides is 1. The van der Waals surface area contributed by atoms with Gasteiger partial charge in [-0.3, -0.25) is 24.0 Å². The smallest absolute Gasteiger partial charge is 0.269 e. The maximum absolute atomic E-state index is 13.7. The number of benzene rings is 2. The minimum absolute atomic E-state index is 0.0271. The molecule has 0 unspecified atom stereocenters. The van der Waals surface area contributed by atoms with Gasteiger partial charge in [-0.25, -0.2) is 0 Å². The van der Waals surface area contributed by atoms with Crippen LogP contribution in [0.25, 0.3) is 11.6 Å². The van der Waals surface area contributed by atoms with E-state index in [1.54, 1.807) is 35.4 Å². The number of thiazole rings is 1. The van der Waals surface area contributed by atoms with Crippen molar-refractivity contribution in [3.8, 4) is 6.07 Å². The Morgan fingerprint density at radius 1 is 0.975 bits per heavy atom. The SMILES string of the molecule is C=CCn1c(=C(C#N)C(=O)N2CCN(C(c3ccccc3)c3ccccc3)CC2)sc(=Cc2ccccn2)c1=O. The van der Waals surface area contributed by atoms with Crippen LogP contribution in [-0.2, 0) is 11.3 Å². The van der Waals surface area contributed by atoms with Crippen LogP contribution < -0.4 is 14.8 Å². The van der Waals surface area contributed by atoms with Crippen LogP contribution in [-0.4, -0.2) is 51.4 Å². The fraction of sp³-hybridized carbons (Fsp3) is 0.188. The fourth-order valence-electron chi connectivity index (χ4n) is 5.01. The van der Waals surface area contributed by atoms with Gasteiger partial charge in [0.15, 0.2) is 5.57 Å². The number of carbonyl (C=O) groups excluding carboxylic acids is 1. The molecule has 7 nitrogen and oxygen atoms in total. The molecule has 3 heterocycles. The number of allylic oxidation sites excluding steroid dienone is 1. The molecule has 2 aromatic heterocycles. The lowest BCUT2D eigenvalue weighted by Crippen LogP contribution is -2.50. The van der Waals surface area contributed by atoms with E-state index >= 15 is 0 Å². The minimum Gasteiger partial charge on any atom is -0.335 e. The first-order valence-corrected chi connectivity index (χ1v) is 13.9. The predicted molar refractivity (Wildman–Crippen MR) is 158 cm³/mol. The first-order chi connectivity index (χ1) is 19.6. The van der Waals surface area contributed by atoms with Crippen molar-refractivity contribution in [2.24, 2.45) is 0 Å². The lowest BCUT2D eigenvalue weighted by atomic mass is 9.96. The molecule has 0 radical (unpaired) electrons. The summed E-state index contributed by atoms with van der Waals surface area (Å²) in [5, 5.41) is 10.1. The Morgan fingerprint density at radius 3 is 2.15 bits per heavy atom. The third kappa shape index (κ3) is 5.71. The second-order valence-corrected chi connectivity index (χ2v) is 10.4. The summed E-state index contributed by atoms with van der Waals surface area (Å²) in [5.41, 5.74) is 2.72. The number of pyridine rings is 1. The van der Waals surface area contributed by atoms with Gasteiger partial charge in [-0.05, 0) is 29.3 Å². The maximum Gasteiger partial charge on any atom is 0.269 e. The van der Waals surface area contributed by atoms with Gasteiger partial charge < -0.3 is 4.90 Å². The van der Waals surface area contributed by atoms with Crippen LogP contribution in [0.1, 0.15) is 22.9 Å². The summed E-state index contributed by atoms with van der Waals surface area (Å²) in [5.74, 6) is -0.360. The van der Waals surface area contributed by atoms with Crippen molar-refractivity contribution < 1.29 is 4.79 Å². The molecular weight excluding hydrogens is 518 g/mol. The lowest BCUT2D eigenvalue weighted by Gasteiger charge is -2.39. The number of piperazine rings is 1. The summed E-state index contributed by atoms with van der Waals surface area (Å²) in [6.45, 7) is 6.21. The number of rotatable bonds is 7. The van der Waals surface area contributed by atoms with E-state index in [4.69, 9.17) is 0 Å². The molecule has 8 heteroatoms. The van der Waals surface area contributed by atoms with E-state index in [1.165, 1.54) is 15.7 Å². The molecule has 1 amide bonds. The lowest BCUT2D eigenvalue weighted by molar-refractivity contribution is -0.126. The first-order valence-electron chi connectivity index (χ1n) is 13.1. The first kappa shape index (κ1) is 27.0. The molecular formula is C32H29N5O2S. The maximum atomic E-state index is 13.7. The summed E-state index contributed by atoms with van der Waals surface area (Å²) >= 11 is 1.14. The van der Waals surface area contributed by atoms with E-state index in [0.29, 0.717) is 41.1 Å². The fourth-order valence-corrected chi connectivity index (χ4v) is 6.10. The third-order valence-electron chi connectivity index (χ3n) is 6.92. The molecule has 0 bridgehead atoms. The molecule has 0 aliphatic carbocycles. The predicted octanol–water partition coefficient (Wildman–Crippen LogP) is 2.93. The van der Waals surface area contributed by atoms with Crippen LogP contribution in [0.4, 0.5) is 0 Å². The molecule has 0 saturated carbocycles. The van der Waals surface area contributed by atoms with Crippen molar-refractivity contribution in [1.82, 2.24) is 19.4 Å². The average Bonchev–Trinajstić information content (AvgIpc) is 3.30. The van der Waals surface area contributed by atoms with Gasteiger partial charge in [-0.15, -0.1) is 17.9 Å². The van der Waals surface area contributed by atoms with Crippen LogP contribution in [0.15, 0.2) is 103 Å². The number of hydrogen-bond donors (Lipinski definition) is 0. The Bertz CT molecular complexity index is 1660. The molecule has 0 N–H and O–H groups in total. The molecule has 200 valence electrons. The largest absolute Gasteiger partial charge is 0.335 e. The third-order valence-corrected chi connectivity index (χ3v) is 8.05. The normalized spacial score (nSPS) is 15.1. The number of carbonyl (C=O) groups is 1. The van der Waals surface area contributed by atoms with Gasteiger partial charge >= 0.3 is 0 Å². The van der Waals surface area contributed by atoms with Crippen molar-refractivity contribution in [3.05, 3.63) is 134 Å². The quantitative estimate of drug-likeness (QED) is 0.333. The van der Waals surface area contributed by atoms with Gasteiger partial charge in [0.05, 0.1) is 16.3 Å². The summed E-state index contributed by atoms with van der Waals surface area (Å²) in [6, 6.07) is 28.3. The van der Waals surface area contributed by atoms with Gasteiger partial charge in [0, 0.05) is 38.9 Å². The van der Waals surface area contributed by atoms with Crippen molar-refractivity contribution in [1.29, 1.82) is 5.26 Å². The van der Waals surface area contributed by atoms with E-state index < -0.39 is 0 Å². The Morgan fingerprint density at radius 2 is 1.60 bits per heavy atom. The molecule has 1 aliphatic rings. The highest BCUT2D eigenvalue weighted by Gasteiger charge is 2.30. The number of aromatic nitrogens is 2. The second kappa shape index (κ2) is 12.5. The molecule has 1 fully saturated rings. The summed E-state index contributed by atoms with van der Waals surface area (Å²) in [7, 11) is 0. The second-order valence-electron chi connectivity index (χ2n) is 9.41. The number of nitriles is 1. The Labute approximate surface area is 236 Å². The van der Waals surface area contributed by atoms with Gasteiger partial charge in [0.2, 0.25) is 0 Å². The van der Waals surface area contributed by atoms with Gasteiger partial charge in [0.25, 0.3) is 11.5 Å². The monoisotopic (exact) mass is 547 g/mol. The van der Waals surface area contributed by atoms with E-state index in [9.17, 15) is 14.9 Å². The summed E-state index contributed by atoms with van der Waals surface area (Å²) in [4.78, 5) is 35.2. The highest BCUT2D eigenvalue weighted by Crippen LogP contribution is 2.29. The van der Waals surface area contributed by atoms with Crippen LogP contribution in [0, 0.1) is 11.3 Å². The Hall–Kier alpha value is -4.58. The van der Waals surface area contributed by atoms with E-state index in [0.717, 1.165) is 11.3 Å². The van der Waals surface area contributed by atoms with E-state index in [1.807, 2.05) is 42.5 Å². The van der Waals surface area contributed by atoms with Crippen LogP contribution in [0.2, 0.25) is 0 Å². The van der Waals surface area contributed by atoms with Gasteiger partial charge in [0.1, 0.15) is 10.7 Å². The Kier molecular flexibility index (Phi) is 8.45. The highest BCUT2D eigenvalue weighted by molar-refractivity contribution is 7.07. The zero-order valence-electron chi connectivity index (χ0n) is 22.0. The zero-order chi connectivity index (χ0) is 27.9. The topological polar surface area (TPSA) is 82.2 Å². The zero-order valence-corrected chi connectivity index (χ0v) is 22.8. The summed E-state index contributed by atoms with van der Waals surface area (Å²) < 4.78 is 2.20. The van der Waals surface area contributed by atoms with Crippen molar-refractivity contribution in [3.63, 3.8) is 0 Å². The van der Waals surface area contributed by atoms with Crippen molar-refractivity contribution in [2.75, 3.05) is 26.2 Å². The van der Waals surface area contributed by atoms with Gasteiger partial charge in [-0.1, -0.05) is 72.8 Å². The van der Waals surface area contributed by atoms with Crippen molar-refractivity contribution in [2.45, 2.75) is 12.6 Å². The van der Waals surface area contributed by atoms with E-state index in [2.05, 4.69) is 46.8 Å². The highest BCUT2D eigenvalue weighted by atomic mass is 32.1. The van der Waals surface area contributed by atoms with Crippen LogP contribution >= 0.6 is 11.3 Å². The minimum atomic E-state index is -0.360. The molecule has 0 atom stereocenters. The Balaban J connectivity index is 1.44. The summed E-state index contributed by atoms with van der Waals surface area (Å²) in [6.07, 6.45) is 4.92. The van der Waals surface area contributed by atoms with Crippen LogP contribution in [0.5, 0.6) is 0 Å². The molecule has 40 heavy (non-hydrogen) atoms. The molecule has 1 saturated heterocycles. The van der Waals surface area contributed by atoms with Gasteiger partial charge in [-0.2, -0.15) is 5.26 Å². The average molecular weight is 548 g/mol. The van der Waals surface area contributed by atoms with Crippen LogP contribution in [0.3, 0.4) is 0 Å².